The molecule has 2 amide bonds. The van der Waals surface area contributed by atoms with E-state index in [0.29, 0.717) is 18.3 Å². The van der Waals surface area contributed by atoms with Gasteiger partial charge in [0.1, 0.15) is 5.69 Å². The number of methoxy groups -OCH3 is 1. The molecule has 0 bridgehead atoms. The molecule has 1 saturated carbocycles. The van der Waals surface area contributed by atoms with Crippen LogP contribution in [0.2, 0.25) is 0 Å². The molecule has 0 spiro atoms. The number of esters is 1. The molecule has 1 saturated heterocycles. The number of hydrogen-bond donors (Lipinski definition) is 2. The van der Waals surface area contributed by atoms with E-state index in [1.54, 1.807) is 17.9 Å². The lowest BCUT2D eigenvalue weighted by atomic mass is 10.1. The van der Waals surface area contributed by atoms with Crippen LogP contribution in [0.1, 0.15) is 35.4 Å². The van der Waals surface area contributed by atoms with E-state index in [-0.39, 0.29) is 29.8 Å². The maximum atomic E-state index is 12.4. The van der Waals surface area contributed by atoms with Crippen LogP contribution in [-0.4, -0.2) is 47.4 Å². The minimum atomic E-state index is -0.537. The lowest BCUT2D eigenvalue weighted by Crippen LogP contribution is -2.30. The van der Waals surface area contributed by atoms with Crippen molar-refractivity contribution in [1.82, 2.24) is 9.88 Å². The van der Waals surface area contributed by atoms with Crippen LogP contribution in [0.4, 0.5) is 5.69 Å². The Kier molecular flexibility index (Phi) is 3.64. The molecule has 1 aliphatic heterocycles. The van der Waals surface area contributed by atoms with Crippen molar-refractivity contribution in [1.29, 1.82) is 0 Å². The first-order valence-electron chi connectivity index (χ1n) is 7.38. The van der Waals surface area contributed by atoms with Crippen LogP contribution in [0.5, 0.6) is 0 Å². The molecule has 2 aliphatic rings. The van der Waals surface area contributed by atoms with Crippen LogP contribution in [0.3, 0.4) is 0 Å². The van der Waals surface area contributed by atoms with E-state index in [0.717, 1.165) is 18.5 Å². The topological polar surface area (TPSA) is 91.5 Å². The van der Waals surface area contributed by atoms with Gasteiger partial charge in [-0.15, -0.1) is 0 Å². The lowest BCUT2D eigenvalue weighted by molar-refractivity contribution is -0.128. The summed E-state index contributed by atoms with van der Waals surface area (Å²) in [6.07, 6.45) is 2.30. The summed E-state index contributed by atoms with van der Waals surface area (Å²) in [5.41, 5.74) is 1.36. The molecule has 0 aromatic carbocycles. The van der Waals surface area contributed by atoms with Crippen LogP contribution in [0.25, 0.3) is 0 Å². The number of aryl methyl sites for hydroxylation is 1. The Bertz CT molecular complexity index is 633. The summed E-state index contributed by atoms with van der Waals surface area (Å²) < 4.78 is 4.69. The minimum Gasteiger partial charge on any atom is -0.464 e. The van der Waals surface area contributed by atoms with Crippen molar-refractivity contribution in [2.75, 3.05) is 19.0 Å². The first-order valence-corrected chi connectivity index (χ1v) is 7.38. The van der Waals surface area contributed by atoms with E-state index < -0.39 is 5.97 Å². The summed E-state index contributed by atoms with van der Waals surface area (Å²) >= 11 is 0. The molecule has 2 heterocycles. The standard InChI is InChI=1S/C15H19N3O4/c1-8-5-11(13(16-8)15(21)22-2)17-14(20)9-6-12(19)18(7-9)10-3-4-10/h5,9-10,16H,3-4,6-7H2,1-2H3,(H,17,20)/t9-/m1/s1. The highest BCUT2D eigenvalue weighted by atomic mass is 16.5. The van der Waals surface area contributed by atoms with Gasteiger partial charge in [-0.25, -0.2) is 4.79 Å². The average molecular weight is 305 g/mol. The Balaban J connectivity index is 1.69. The van der Waals surface area contributed by atoms with Crippen LogP contribution in [-0.2, 0) is 14.3 Å². The Morgan fingerprint density at radius 3 is 2.77 bits per heavy atom. The fourth-order valence-corrected chi connectivity index (χ4v) is 2.83. The van der Waals surface area contributed by atoms with Gasteiger partial charge in [-0.3, -0.25) is 9.59 Å². The van der Waals surface area contributed by atoms with Gasteiger partial charge in [-0.1, -0.05) is 0 Å². The number of H-pyrrole nitrogens is 1. The van der Waals surface area contributed by atoms with E-state index in [1.165, 1.54) is 7.11 Å². The molecule has 1 atom stereocenters. The molecular formula is C15H19N3O4. The van der Waals surface area contributed by atoms with Gasteiger partial charge in [-0.2, -0.15) is 0 Å². The molecule has 22 heavy (non-hydrogen) atoms. The zero-order valence-electron chi connectivity index (χ0n) is 12.6. The smallest absolute Gasteiger partial charge is 0.356 e. The number of nitrogens with zero attached hydrogens (tertiary/aromatic N) is 1. The number of aromatic nitrogens is 1. The number of carbonyl (C=O) groups excluding carboxylic acids is 3. The second kappa shape index (κ2) is 5.47. The van der Waals surface area contributed by atoms with Gasteiger partial charge in [0.2, 0.25) is 11.8 Å². The molecule has 118 valence electrons. The van der Waals surface area contributed by atoms with E-state index >= 15 is 0 Å². The number of likely N-dealkylation sites (tertiary alicyclic amines) is 1. The van der Waals surface area contributed by atoms with Crippen molar-refractivity contribution in [3.63, 3.8) is 0 Å². The molecular weight excluding hydrogens is 286 g/mol. The summed E-state index contributed by atoms with van der Waals surface area (Å²) in [4.78, 5) is 40.6. The summed E-state index contributed by atoms with van der Waals surface area (Å²) in [6, 6.07) is 2.00. The van der Waals surface area contributed by atoms with Crippen LogP contribution in [0, 0.1) is 12.8 Å². The molecule has 0 unspecified atom stereocenters. The monoisotopic (exact) mass is 305 g/mol. The third kappa shape index (κ3) is 2.70. The van der Waals surface area contributed by atoms with E-state index in [9.17, 15) is 14.4 Å². The zero-order valence-corrected chi connectivity index (χ0v) is 12.6. The molecule has 2 N–H and O–H groups in total. The van der Waals surface area contributed by atoms with Crippen molar-refractivity contribution in [3.8, 4) is 0 Å². The van der Waals surface area contributed by atoms with E-state index in [2.05, 4.69) is 15.0 Å². The Labute approximate surface area is 128 Å². The fraction of sp³-hybridized carbons (Fsp3) is 0.533. The van der Waals surface area contributed by atoms with Crippen LogP contribution >= 0.6 is 0 Å². The Hall–Kier alpha value is -2.31. The Morgan fingerprint density at radius 1 is 1.41 bits per heavy atom. The third-order valence-corrected chi connectivity index (χ3v) is 4.12. The minimum absolute atomic E-state index is 0.0427. The quantitative estimate of drug-likeness (QED) is 0.814. The first-order chi connectivity index (χ1) is 10.5. The molecule has 1 aromatic rings. The van der Waals surface area contributed by atoms with Gasteiger partial charge >= 0.3 is 5.97 Å². The summed E-state index contributed by atoms with van der Waals surface area (Å²) in [5, 5.41) is 2.74. The van der Waals surface area contributed by atoms with Crippen molar-refractivity contribution < 1.29 is 19.1 Å². The summed E-state index contributed by atoms with van der Waals surface area (Å²) in [6.45, 7) is 2.25. The Morgan fingerprint density at radius 2 is 2.14 bits per heavy atom. The first kappa shape index (κ1) is 14.6. The molecule has 7 heteroatoms. The highest BCUT2D eigenvalue weighted by Crippen LogP contribution is 2.33. The maximum absolute atomic E-state index is 12.4. The summed E-state index contributed by atoms with van der Waals surface area (Å²) in [7, 11) is 1.28. The predicted molar refractivity (Wildman–Crippen MR) is 78.3 cm³/mol. The summed E-state index contributed by atoms with van der Waals surface area (Å²) in [5.74, 6) is -1.10. The van der Waals surface area contributed by atoms with Crippen molar-refractivity contribution in [2.45, 2.75) is 32.2 Å². The number of nitrogens with one attached hydrogen (secondary N) is 2. The molecule has 2 fully saturated rings. The van der Waals surface area contributed by atoms with Gasteiger partial charge in [0.25, 0.3) is 0 Å². The van der Waals surface area contributed by atoms with E-state index in [4.69, 9.17) is 0 Å². The number of carbonyl (C=O) groups is 3. The SMILES string of the molecule is COC(=O)c1[nH]c(C)cc1NC(=O)[C@@H]1CC(=O)N(C2CC2)C1. The number of aromatic amines is 1. The van der Waals surface area contributed by atoms with E-state index in [1.807, 2.05) is 0 Å². The van der Waals surface area contributed by atoms with Crippen molar-refractivity contribution in [3.05, 3.63) is 17.5 Å². The predicted octanol–water partition coefficient (Wildman–Crippen LogP) is 1.06. The van der Waals surface area contributed by atoms with Crippen LogP contribution < -0.4 is 5.32 Å². The molecule has 1 aromatic heterocycles. The molecule has 3 rings (SSSR count). The van der Waals surface area contributed by atoms with Gasteiger partial charge in [0.05, 0.1) is 18.7 Å². The van der Waals surface area contributed by atoms with Crippen molar-refractivity contribution in [2.24, 2.45) is 5.92 Å². The average Bonchev–Trinajstić information content (AvgIpc) is 3.16. The number of rotatable bonds is 4. The largest absolute Gasteiger partial charge is 0.464 e. The zero-order chi connectivity index (χ0) is 15.9. The van der Waals surface area contributed by atoms with Crippen molar-refractivity contribution >= 4 is 23.5 Å². The van der Waals surface area contributed by atoms with Gasteiger partial charge in [0.15, 0.2) is 0 Å². The second-order valence-corrected chi connectivity index (χ2v) is 5.90. The third-order valence-electron chi connectivity index (χ3n) is 4.12. The lowest BCUT2D eigenvalue weighted by Gasteiger charge is -2.15. The maximum Gasteiger partial charge on any atom is 0.356 e. The van der Waals surface area contributed by atoms with Crippen LogP contribution in [0.15, 0.2) is 6.07 Å². The highest BCUT2D eigenvalue weighted by molar-refractivity contribution is 6.02. The molecule has 1 aliphatic carbocycles. The number of ether oxygens (including phenoxy) is 1. The second-order valence-electron chi connectivity index (χ2n) is 5.90. The number of anilines is 1. The molecule has 0 radical (unpaired) electrons. The van der Waals surface area contributed by atoms with Gasteiger partial charge in [0, 0.05) is 24.7 Å². The number of amides is 2. The van der Waals surface area contributed by atoms with Gasteiger partial charge in [-0.05, 0) is 25.8 Å². The fourth-order valence-electron chi connectivity index (χ4n) is 2.83. The highest BCUT2D eigenvalue weighted by Gasteiger charge is 2.41. The molecule has 7 nitrogen and oxygen atoms in total. The normalized spacial score (nSPS) is 21.1. The number of hydrogen-bond acceptors (Lipinski definition) is 4. The van der Waals surface area contributed by atoms with Gasteiger partial charge < -0.3 is 19.9 Å².